The summed E-state index contributed by atoms with van der Waals surface area (Å²) in [6, 6.07) is 0. The van der Waals surface area contributed by atoms with Crippen LogP contribution in [0.25, 0.3) is 0 Å². The smallest absolute Gasteiger partial charge is 0.305 e. The first-order valence-electron chi connectivity index (χ1n) is 4.85. The van der Waals surface area contributed by atoms with Crippen molar-refractivity contribution in [2.24, 2.45) is 0 Å². The molecule has 7 nitrogen and oxygen atoms in total. The van der Waals surface area contributed by atoms with Gasteiger partial charge in [0.05, 0.1) is 19.8 Å². The van der Waals surface area contributed by atoms with Crippen molar-refractivity contribution < 1.29 is 18.3 Å². The molecule has 17 heavy (non-hydrogen) atoms. The van der Waals surface area contributed by atoms with E-state index in [9.17, 15) is 13.2 Å². The molecule has 0 aliphatic heterocycles. The zero-order chi connectivity index (χ0) is 12.9. The third-order valence-corrected chi connectivity index (χ3v) is 4.87. The van der Waals surface area contributed by atoms with E-state index in [0.29, 0.717) is 17.0 Å². The number of aryl methyl sites for hydroxylation is 1. The van der Waals surface area contributed by atoms with E-state index in [0.717, 1.165) is 0 Å². The maximum Gasteiger partial charge on any atom is 0.305 e. The van der Waals surface area contributed by atoms with E-state index in [1.807, 2.05) is 0 Å². The number of aromatic amines is 1. The highest BCUT2D eigenvalue weighted by atomic mass is 32.2. The van der Waals surface area contributed by atoms with Gasteiger partial charge in [0.15, 0.2) is 4.21 Å². The summed E-state index contributed by atoms with van der Waals surface area (Å²) >= 11 is 0.647. The summed E-state index contributed by atoms with van der Waals surface area (Å²) in [7, 11) is -3.66. The van der Waals surface area contributed by atoms with E-state index in [1.165, 1.54) is 6.92 Å². The van der Waals surface area contributed by atoms with E-state index >= 15 is 0 Å². The van der Waals surface area contributed by atoms with Gasteiger partial charge in [-0.2, -0.15) is 0 Å². The van der Waals surface area contributed by atoms with E-state index in [1.54, 1.807) is 0 Å². The number of H-pyrrole nitrogens is 1. The molecule has 9 heteroatoms. The van der Waals surface area contributed by atoms with Crippen molar-refractivity contribution in [1.82, 2.24) is 9.71 Å². The van der Waals surface area contributed by atoms with Crippen LogP contribution in [0.5, 0.6) is 0 Å². The molecule has 1 aromatic heterocycles. The van der Waals surface area contributed by atoms with Gasteiger partial charge in [-0.3, -0.25) is 4.79 Å². The molecule has 0 fully saturated rings. The largest absolute Gasteiger partial charge is 0.394 e. The molecule has 1 heterocycles. The molecule has 0 aromatic carbocycles. The highest BCUT2D eigenvalue weighted by molar-refractivity contribution is 7.91. The molecule has 0 spiro atoms. The van der Waals surface area contributed by atoms with Crippen LogP contribution in [0.1, 0.15) is 5.69 Å². The number of aliphatic hydroxyl groups is 1. The monoisotopic (exact) mass is 282 g/mol. The Balaban J connectivity index is 2.57. The Hall–Kier alpha value is -0.740. The van der Waals surface area contributed by atoms with Crippen LogP contribution in [-0.4, -0.2) is 44.9 Å². The van der Waals surface area contributed by atoms with Gasteiger partial charge in [0.1, 0.15) is 0 Å². The fourth-order valence-corrected chi connectivity index (χ4v) is 3.48. The first kappa shape index (κ1) is 14.3. The molecule has 0 saturated carbocycles. The number of nitrogens with one attached hydrogen (secondary N) is 2. The number of sulfonamides is 1. The number of aliphatic hydroxyl groups excluding tert-OH is 1. The maximum absolute atomic E-state index is 11.7. The number of aromatic nitrogens is 1. The van der Waals surface area contributed by atoms with Gasteiger partial charge in [0.2, 0.25) is 0 Å². The lowest BCUT2D eigenvalue weighted by atomic mass is 10.6. The van der Waals surface area contributed by atoms with Gasteiger partial charge >= 0.3 is 4.87 Å². The Morgan fingerprint density at radius 1 is 1.47 bits per heavy atom. The van der Waals surface area contributed by atoms with Crippen molar-refractivity contribution in [3.05, 3.63) is 15.4 Å². The minimum Gasteiger partial charge on any atom is -0.394 e. The molecular weight excluding hydrogens is 268 g/mol. The molecule has 1 rings (SSSR count). The van der Waals surface area contributed by atoms with E-state index in [-0.39, 0.29) is 30.6 Å². The van der Waals surface area contributed by atoms with Crippen LogP contribution >= 0.6 is 11.3 Å². The Morgan fingerprint density at radius 2 is 2.18 bits per heavy atom. The molecule has 3 N–H and O–H groups in total. The maximum atomic E-state index is 11.7. The number of hydrogen-bond acceptors (Lipinski definition) is 6. The Morgan fingerprint density at radius 3 is 2.71 bits per heavy atom. The standard InChI is InChI=1S/C8H14N2O5S2/c1-6-7(16-8(12)10-6)17(13,14)9-2-4-15-5-3-11/h9,11H,2-5H2,1H3,(H,10,12). The van der Waals surface area contributed by atoms with Crippen molar-refractivity contribution in [3.63, 3.8) is 0 Å². The summed E-state index contributed by atoms with van der Waals surface area (Å²) in [5.41, 5.74) is 0.323. The number of hydrogen-bond donors (Lipinski definition) is 3. The Labute approximate surface area is 102 Å². The summed E-state index contributed by atoms with van der Waals surface area (Å²) < 4.78 is 30.7. The number of ether oxygens (including phenoxy) is 1. The van der Waals surface area contributed by atoms with Gasteiger partial charge in [-0.15, -0.1) is 0 Å². The zero-order valence-electron chi connectivity index (χ0n) is 9.23. The van der Waals surface area contributed by atoms with Gasteiger partial charge in [0, 0.05) is 12.2 Å². The third-order valence-electron chi connectivity index (χ3n) is 1.80. The SMILES string of the molecule is Cc1[nH]c(=O)sc1S(=O)(=O)NCCOCCO. The predicted molar refractivity (Wildman–Crippen MR) is 62.8 cm³/mol. The average molecular weight is 282 g/mol. The third kappa shape index (κ3) is 4.21. The molecule has 0 amide bonds. The second kappa shape index (κ2) is 6.26. The summed E-state index contributed by atoms with van der Waals surface area (Å²) in [6.45, 7) is 1.84. The molecule has 0 atom stereocenters. The van der Waals surface area contributed by atoms with Crippen molar-refractivity contribution in [2.75, 3.05) is 26.4 Å². The lowest BCUT2D eigenvalue weighted by Gasteiger charge is -2.05. The second-order valence-corrected chi connectivity index (χ2v) is 6.11. The van der Waals surface area contributed by atoms with Gasteiger partial charge in [-0.05, 0) is 6.92 Å². The van der Waals surface area contributed by atoms with E-state index in [2.05, 4.69) is 9.71 Å². The summed E-state index contributed by atoms with van der Waals surface area (Å²) in [4.78, 5) is 13.0. The van der Waals surface area contributed by atoms with Crippen molar-refractivity contribution in [1.29, 1.82) is 0 Å². The minimum absolute atomic E-state index is 0.00958. The summed E-state index contributed by atoms with van der Waals surface area (Å²) in [6.07, 6.45) is 0. The van der Waals surface area contributed by atoms with Crippen LogP contribution < -0.4 is 9.60 Å². The molecule has 0 saturated heterocycles. The summed E-state index contributed by atoms with van der Waals surface area (Å²) in [5.74, 6) is 0. The lowest BCUT2D eigenvalue weighted by Crippen LogP contribution is -2.27. The van der Waals surface area contributed by atoms with Crippen molar-refractivity contribution >= 4 is 21.4 Å². The molecule has 98 valence electrons. The highest BCUT2D eigenvalue weighted by Crippen LogP contribution is 2.14. The van der Waals surface area contributed by atoms with Crippen molar-refractivity contribution in [3.8, 4) is 0 Å². The van der Waals surface area contributed by atoms with E-state index < -0.39 is 14.9 Å². The quantitative estimate of drug-likeness (QED) is 0.558. The van der Waals surface area contributed by atoms with Crippen molar-refractivity contribution in [2.45, 2.75) is 11.1 Å². The van der Waals surface area contributed by atoms with Gasteiger partial charge in [-0.1, -0.05) is 11.3 Å². The highest BCUT2D eigenvalue weighted by Gasteiger charge is 2.19. The van der Waals surface area contributed by atoms with Crippen LogP contribution in [0, 0.1) is 6.92 Å². The van der Waals surface area contributed by atoms with Gasteiger partial charge in [0.25, 0.3) is 10.0 Å². The van der Waals surface area contributed by atoms with Crippen LogP contribution in [0.3, 0.4) is 0 Å². The second-order valence-electron chi connectivity index (χ2n) is 3.16. The first-order chi connectivity index (χ1) is 7.97. The van der Waals surface area contributed by atoms with Crippen LogP contribution in [0.15, 0.2) is 9.00 Å². The van der Waals surface area contributed by atoms with E-state index in [4.69, 9.17) is 9.84 Å². The first-order valence-corrected chi connectivity index (χ1v) is 7.15. The molecule has 0 radical (unpaired) electrons. The van der Waals surface area contributed by atoms with Crippen LogP contribution in [0.2, 0.25) is 0 Å². The van der Waals surface area contributed by atoms with Gasteiger partial charge in [-0.25, -0.2) is 13.1 Å². The average Bonchev–Trinajstić information content (AvgIpc) is 2.58. The van der Waals surface area contributed by atoms with Gasteiger partial charge < -0.3 is 14.8 Å². The Bertz CT molecular complexity index is 504. The van der Waals surface area contributed by atoms with Crippen LogP contribution in [-0.2, 0) is 14.8 Å². The van der Waals surface area contributed by atoms with Crippen LogP contribution in [0.4, 0.5) is 0 Å². The fraction of sp³-hybridized carbons (Fsp3) is 0.625. The topological polar surface area (TPSA) is 108 Å². The molecular formula is C8H14N2O5S2. The molecule has 1 aromatic rings. The molecule has 0 aliphatic rings. The zero-order valence-corrected chi connectivity index (χ0v) is 10.9. The minimum atomic E-state index is -3.66. The summed E-state index contributed by atoms with van der Waals surface area (Å²) in [5, 5.41) is 8.44. The fourth-order valence-electron chi connectivity index (χ4n) is 1.13. The number of thiazole rings is 1. The Kier molecular flexibility index (Phi) is 5.28. The molecule has 0 bridgehead atoms. The molecule has 0 unspecified atom stereocenters. The number of rotatable bonds is 7. The molecule has 0 aliphatic carbocycles. The normalized spacial score (nSPS) is 11.9. The lowest BCUT2D eigenvalue weighted by molar-refractivity contribution is 0.0961. The predicted octanol–water partition coefficient (Wildman–Crippen LogP) is -0.968.